The van der Waals surface area contributed by atoms with Gasteiger partial charge in [0.15, 0.2) is 5.78 Å². The van der Waals surface area contributed by atoms with Crippen molar-refractivity contribution in [2.75, 3.05) is 7.05 Å². The molecule has 4 aromatic rings. The number of aliphatic hydroxyl groups excluding tert-OH is 1. The molecule has 156 valence electrons. The van der Waals surface area contributed by atoms with Crippen LogP contribution in [-0.4, -0.2) is 37.6 Å². The third kappa shape index (κ3) is 3.65. The third-order valence-corrected chi connectivity index (χ3v) is 6.05. The number of benzene rings is 2. The highest BCUT2D eigenvalue weighted by Crippen LogP contribution is 2.28. The molecule has 0 radical (unpaired) electrons. The Morgan fingerprint density at radius 2 is 1.84 bits per heavy atom. The number of rotatable bonds is 5. The molecule has 1 aliphatic rings. The van der Waals surface area contributed by atoms with Crippen LogP contribution in [0, 0.1) is 0 Å². The van der Waals surface area contributed by atoms with E-state index in [1.165, 1.54) is 11.1 Å². The van der Waals surface area contributed by atoms with Crippen LogP contribution in [0.25, 0.3) is 21.9 Å². The van der Waals surface area contributed by atoms with Gasteiger partial charge in [-0.15, -0.1) is 0 Å². The van der Waals surface area contributed by atoms with Crippen molar-refractivity contribution in [2.24, 2.45) is 7.05 Å². The van der Waals surface area contributed by atoms with Gasteiger partial charge in [-0.25, -0.2) is 0 Å². The first-order valence-corrected chi connectivity index (χ1v) is 10.4. The van der Waals surface area contributed by atoms with Crippen LogP contribution in [0.4, 0.5) is 0 Å². The van der Waals surface area contributed by atoms with Gasteiger partial charge in [-0.2, -0.15) is 5.10 Å². The van der Waals surface area contributed by atoms with Crippen molar-refractivity contribution in [2.45, 2.75) is 26.1 Å². The van der Waals surface area contributed by atoms with Crippen molar-refractivity contribution >= 4 is 16.6 Å². The Bertz CT molecular complexity index is 1310. The molecule has 31 heavy (non-hydrogen) atoms. The summed E-state index contributed by atoms with van der Waals surface area (Å²) in [7, 11) is 3.91. The van der Waals surface area contributed by atoms with E-state index in [1.54, 1.807) is 10.9 Å². The normalized spacial score (nSPS) is 13.6. The van der Waals surface area contributed by atoms with Gasteiger partial charge in [0.25, 0.3) is 0 Å². The Morgan fingerprint density at radius 3 is 2.68 bits per heavy atom. The van der Waals surface area contributed by atoms with Gasteiger partial charge < -0.3 is 5.11 Å². The molecule has 0 saturated heterocycles. The summed E-state index contributed by atoms with van der Waals surface area (Å²) in [5.41, 5.74) is 6.69. The first kappa shape index (κ1) is 19.6. The van der Waals surface area contributed by atoms with Gasteiger partial charge in [0, 0.05) is 48.5 Å². The van der Waals surface area contributed by atoms with E-state index in [9.17, 15) is 9.90 Å². The summed E-state index contributed by atoms with van der Waals surface area (Å²) in [4.78, 5) is 19.7. The topological polar surface area (TPSA) is 71.2 Å². The minimum atomic E-state index is -0.0729. The smallest absolute Gasteiger partial charge is 0.168 e. The Hall–Kier alpha value is -3.35. The van der Waals surface area contributed by atoms with Gasteiger partial charge in [-0.05, 0) is 47.3 Å². The summed E-state index contributed by atoms with van der Waals surface area (Å²) in [5, 5.41) is 16.0. The zero-order valence-corrected chi connectivity index (χ0v) is 17.7. The summed E-state index contributed by atoms with van der Waals surface area (Å²) in [6.07, 6.45) is 3.85. The van der Waals surface area contributed by atoms with E-state index in [2.05, 4.69) is 34.2 Å². The van der Waals surface area contributed by atoms with Gasteiger partial charge in [0.1, 0.15) is 0 Å². The monoisotopic (exact) mass is 412 g/mol. The van der Waals surface area contributed by atoms with Gasteiger partial charge in [0.05, 0.1) is 24.9 Å². The summed E-state index contributed by atoms with van der Waals surface area (Å²) in [5.74, 6) is 0.0789. The average molecular weight is 412 g/mol. The number of aliphatic hydroxyl groups is 1. The fourth-order valence-corrected chi connectivity index (χ4v) is 4.35. The number of pyridine rings is 1. The van der Waals surface area contributed by atoms with Crippen molar-refractivity contribution in [3.05, 3.63) is 82.9 Å². The summed E-state index contributed by atoms with van der Waals surface area (Å²) in [6, 6.07) is 14.1. The molecule has 3 heterocycles. The number of aryl methyl sites for hydroxylation is 1. The SMILES string of the molecule is CN1Cc2ccc(C(=O)Cc3cc4cc(-c5cnn(C)c5CO)ccc4cn3)cc2C1. The minimum Gasteiger partial charge on any atom is -0.390 e. The Kier molecular flexibility index (Phi) is 4.88. The Labute approximate surface area is 180 Å². The lowest BCUT2D eigenvalue weighted by Gasteiger charge is -2.07. The molecular weight excluding hydrogens is 388 g/mol. The number of carbonyl (C=O) groups excluding carboxylic acids is 1. The number of hydrogen-bond acceptors (Lipinski definition) is 5. The number of nitrogens with zero attached hydrogens (tertiary/aromatic N) is 4. The first-order valence-electron chi connectivity index (χ1n) is 10.4. The molecule has 2 aromatic heterocycles. The molecule has 0 bridgehead atoms. The fourth-order valence-electron chi connectivity index (χ4n) is 4.35. The maximum atomic E-state index is 12.9. The lowest BCUT2D eigenvalue weighted by atomic mass is 9.99. The largest absolute Gasteiger partial charge is 0.390 e. The van der Waals surface area contributed by atoms with Crippen molar-refractivity contribution in [1.82, 2.24) is 19.7 Å². The second-order valence-corrected chi connectivity index (χ2v) is 8.28. The summed E-state index contributed by atoms with van der Waals surface area (Å²) in [6.45, 7) is 1.75. The van der Waals surface area contributed by atoms with Crippen LogP contribution in [0.15, 0.2) is 54.9 Å². The maximum absolute atomic E-state index is 12.9. The van der Waals surface area contributed by atoms with Gasteiger partial charge in [0.2, 0.25) is 0 Å². The van der Waals surface area contributed by atoms with E-state index in [0.717, 1.165) is 51.9 Å². The van der Waals surface area contributed by atoms with E-state index < -0.39 is 0 Å². The molecule has 6 nitrogen and oxygen atoms in total. The predicted molar refractivity (Wildman–Crippen MR) is 120 cm³/mol. The van der Waals surface area contributed by atoms with Crippen molar-refractivity contribution in [3.8, 4) is 11.1 Å². The molecule has 0 spiro atoms. The van der Waals surface area contributed by atoms with E-state index in [-0.39, 0.29) is 18.8 Å². The standard InChI is InChI=1S/C25H24N4O2/c1-28-13-19-6-4-17(8-21(19)14-28)25(31)10-22-9-20-7-16(3-5-18(20)11-26-22)23-12-27-29(2)24(23)15-30/h3-9,11-12,30H,10,13-15H2,1-2H3. The zero-order chi connectivity index (χ0) is 21.5. The molecule has 1 aliphatic heterocycles. The van der Waals surface area contributed by atoms with Gasteiger partial charge in [-0.3, -0.25) is 19.4 Å². The molecule has 0 saturated carbocycles. The van der Waals surface area contributed by atoms with Crippen molar-refractivity contribution in [1.29, 1.82) is 0 Å². The van der Waals surface area contributed by atoms with Crippen LogP contribution in [0.2, 0.25) is 0 Å². The average Bonchev–Trinajstić information content (AvgIpc) is 3.33. The lowest BCUT2D eigenvalue weighted by Crippen LogP contribution is -2.07. The Balaban J connectivity index is 1.43. The second kappa shape index (κ2) is 7.72. The Morgan fingerprint density at radius 1 is 1.00 bits per heavy atom. The highest BCUT2D eigenvalue weighted by atomic mass is 16.3. The molecule has 6 heteroatoms. The second-order valence-electron chi connectivity index (χ2n) is 8.28. The predicted octanol–water partition coefficient (Wildman–Crippen LogP) is 3.50. The zero-order valence-electron chi connectivity index (χ0n) is 17.7. The number of aromatic nitrogens is 3. The van der Waals surface area contributed by atoms with E-state index in [0.29, 0.717) is 0 Å². The molecule has 0 amide bonds. The van der Waals surface area contributed by atoms with Gasteiger partial charge >= 0.3 is 0 Å². The number of carbonyl (C=O) groups is 1. The number of hydrogen-bond donors (Lipinski definition) is 1. The first-order chi connectivity index (χ1) is 15.0. The van der Waals surface area contributed by atoms with Crippen LogP contribution in [0.1, 0.15) is 32.9 Å². The molecule has 1 N–H and O–H groups in total. The molecule has 0 unspecified atom stereocenters. The molecule has 0 atom stereocenters. The van der Waals surface area contributed by atoms with Crippen LogP contribution in [0.5, 0.6) is 0 Å². The van der Waals surface area contributed by atoms with Crippen LogP contribution in [-0.2, 0) is 33.2 Å². The van der Waals surface area contributed by atoms with Crippen LogP contribution >= 0.6 is 0 Å². The van der Waals surface area contributed by atoms with E-state index in [4.69, 9.17) is 0 Å². The lowest BCUT2D eigenvalue weighted by molar-refractivity contribution is 0.0992. The summed E-state index contributed by atoms with van der Waals surface area (Å²) < 4.78 is 1.69. The fraction of sp³-hybridized carbons (Fsp3) is 0.240. The highest BCUT2D eigenvalue weighted by molar-refractivity contribution is 5.98. The highest BCUT2D eigenvalue weighted by Gasteiger charge is 2.18. The maximum Gasteiger partial charge on any atom is 0.168 e. The van der Waals surface area contributed by atoms with E-state index >= 15 is 0 Å². The number of fused-ring (bicyclic) bond motifs is 2. The quantitative estimate of drug-likeness (QED) is 0.508. The van der Waals surface area contributed by atoms with Gasteiger partial charge in [-0.1, -0.05) is 24.3 Å². The van der Waals surface area contributed by atoms with Crippen molar-refractivity contribution < 1.29 is 9.90 Å². The third-order valence-electron chi connectivity index (χ3n) is 6.05. The number of ketones is 1. The minimum absolute atomic E-state index is 0.0729. The number of Topliss-reactive ketones (excluding diaryl/α,β-unsaturated/α-hetero) is 1. The van der Waals surface area contributed by atoms with E-state index in [1.807, 2.05) is 43.6 Å². The van der Waals surface area contributed by atoms with Crippen LogP contribution in [0.3, 0.4) is 0 Å². The van der Waals surface area contributed by atoms with Crippen molar-refractivity contribution in [3.63, 3.8) is 0 Å². The molecule has 2 aromatic carbocycles. The molecule has 0 aliphatic carbocycles. The molecule has 5 rings (SSSR count). The molecule has 0 fully saturated rings. The molecular formula is C25H24N4O2. The summed E-state index contributed by atoms with van der Waals surface area (Å²) >= 11 is 0. The van der Waals surface area contributed by atoms with Crippen LogP contribution < -0.4 is 0 Å².